The summed E-state index contributed by atoms with van der Waals surface area (Å²) < 4.78 is 27.2. The zero-order valence-corrected chi connectivity index (χ0v) is 18.1. The van der Waals surface area contributed by atoms with Crippen LogP contribution in [-0.4, -0.2) is 32.7 Å². The van der Waals surface area contributed by atoms with Crippen LogP contribution in [0.4, 0.5) is 0 Å². The van der Waals surface area contributed by atoms with E-state index in [0.29, 0.717) is 12.1 Å². The number of carbonyl (C=O) groups excluding carboxylic acids is 1. The van der Waals surface area contributed by atoms with E-state index in [9.17, 15) is 13.2 Å². The fourth-order valence-electron chi connectivity index (χ4n) is 4.20. The highest BCUT2D eigenvalue weighted by molar-refractivity contribution is 7.90. The third-order valence-electron chi connectivity index (χ3n) is 6.13. The number of amidine groups is 1. The molecule has 30 heavy (non-hydrogen) atoms. The Balaban J connectivity index is 1.54. The first-order valence-corrected chi connectivity index (χ1v) is 11.8. The van der Waals surface area contributed by atoms with E-state index < -0.39 is 16.1 Å². The molecule has 1 saturated carbocycles. The van der Waals surface area contributed by atoms with Gasteiger partial charge in [0.25, 0.3) is 10.0 Å². The molecule has 6 nitrogen and oxygen atoms in total. The van der Waals surface area contributed by atoms with Crippen molar-refractivity contribution in [1.82, 2.24) is 10.0 Å². The van der Waals surface area contributed by atoms with Crippen LogP contribution in [0.2, 0.25) is 0 Å². The van der Waals surface area contributed by atoms with Crippen molar-refractivity contribution >= 4 is 21.8 Å². The Hall–Kier alpha value is -2.67. The molecule has 2 aliphatic rings. The molecule has 0 unspecified atom stereocenters. The molecule has 1 fully saturated rings. The summed E-state index contributed by atoms with van der Waals surface area (Å²) in [4.78, 5) is 17.8. The van der Waals surface area contributed by atoms with E-state index in [0.717, 1.165) is 19.3 Å². The van der Waals surface area contributed by atoms with E-state index >= 15 is 0 Å². The molecule has 4 rings (SSSR count). The van der Waals surface area contributed by atoms with Gasteiger partial charge in [-0.2, -0.15) is 0 Å². The fourth-order valence-corrected chi connectivity index (χ4v) is 5.44. The van der Waals surface area contributed by atoms with Gasteiger partial charge in [-0.15, -0.1) is 0 Å². The summed E-state index contributed by atoms with van der Waals surface area (Å²) in [6.07, 6.45) is 3.25. The van der Waals surface area contributed by atoms with Gasteiger partial charge in [0.2, 0.25) is 5.91 Å². The van der Waals surface area contributed by atoms with Crippen LogP contribution in [0.5, 0.6) is 0 Å². The maximum Gasteiger partial charge on any atom is 0.263 e. The number of sulfonamides is 1. The highest BCUT2D eigenvalue weighted by Gasteiger charge is 2.39. The van der Waals surface area contributed by atoms with E-state index in [-0.39, 0.29) is 28.0 Å². The lowest BCUT2D eigenvalue weighted by Crippen LogP contribution is -2.48. The van der Waals surface area contributed by atoms with Crippen LogP contribution >= 0.6 is 0 Å². The van der Waals surface area contributed by atoms with Crippen LogP contribution in [0.1, 0.15) is 44.2 Å². The van der Waals surface area contributed by atoms with Crippen LogP contribution in [0.15, 0.2) is 64.5 Å². The maximum absolute atomic E-state index is 13.1. The van der Waals surface area contributed by atoms with Crippen LogP contribution < -0.4 is 10.0 Å². The number of rotatable bonds is 6. The molecule has 158 valence electrons. The SMILES string of the molecule is CC(C)[C@H](N=C1NS(=O)(=O)c2ccccc21)C(=O)NCC1(c2ccccc2)CCC1. The molecule has 2 N–H and O–H groups in total. The number of nitrogens with one attached hydrogen (secondary N) is 2. The molecule has 1 heterocycles. The monoisotopic (exact) mass is 425 g/mol. The first-order chi connectivity index (χ1) is 14.3. The first-order valence-electron chi connectivity index (χ1n) is 10.4. The molecule has 2 aromatic carbocycles. The molecule has 1 amide bonds. The predicted molar refractivity (Wildman–Crippen MR) is 117 cm³/mol. The molecule has 0 saturated heterocycles. The summed E-state index contributed by atoms with van der Waals surface area (Å²) in [7, 11) is -3.63. The summed E-state index contributed by atoms with van der Waals surface area (Å²) >= 11 is 0. The molecule has 1 aliphatic carbocycles. The second-order valence-electron chi connectivity index (χ2n) is 8.49. The molecule has 0 radical (unpaired) electrons. The number of amides is 1. The zero-order chi connectivity index (χ0) is 21.4. The van der Waals surface area contributed by atoms with Gasteiger partial charge >= 0.3 is 0 Å². The minimum absolute atomic E-state index is 0.0207. The van der Waals surface area contributed by atoms with Gasteiger partial charge in [-0.25, -0.2) is 8.42 Å². The van der Waals surface area contributed by atoms with Crippen molar-refractivity contribution in [1.29, 1.82) is 0 Å². The molecular weight excluding hydrogens is 398 g/mol. The Morgan fingerprint density at radius 3 is 2.40 bits per heavy atom. The molecule has 0 spiro atoms. The van der Waals surface area contributed by atoms with Crippen LogP contribution in [0.3, 0.4) is 0 Å². The number of benzene rings is 2. The van der Waals surface area contributed by atoms with Crippen molar-refractivity contribution in [2.24, 2.45) is 10.9 Å². The normalized spacial score (nSPS) is 20.8. The lowest BCUT2D eigenvalue weighted by molar-refractivity contribution is -0.123. The van der Waals surface area contributed by atoms with Gasteiger partial charge in [-0.05, 0) is 36.5 Å². The van der Waals surface area contributed by atoms with Crippen molar-refractivity contribution in [2.75, 3.05) is 6.54 Å². The quantitative estimate of drug-likeness (QED) is 0.746. The summed E-state index contributed by atoms with van der Waals surface area (Å²) in [6, 6.07) is 16.3. The summed E-state index contributed by atoms with van der Waals surface area (Å²) in [6.45, 7) is 4.40. The Kier molecular flexibility index (Phi) is 5.40. The van der Waals surface area contributed by atoms with Crippen molar-refractivity contribution in [3.63, 3.8) is 0 Å². The minimum atomic E-state index is -3.63. The van der Waals surface area contributed by atoms with E-state index in [2.05, 4.69) is 27.2 Å². The molecule has 0 aromatic heterocycles. The summed E-state index contributed by atoms with van der Waals surface area (Å²) in [5, 5.41) is 3.10. The first kappa shape index (κ1) is 20.6. The van der Waals surface area contributed by atoms with E-state index in [4.69, 9.17) is 0 Å². The van der Waals surface area contributed by atoms with Crippen molar-refractivity contribution in [2.45, 2.75) is 49.5 Å². The number of fused-ring (bicyclic) bond motifs is 1. The van der Waals surface area contributed by atoms with Crippen molar-refractivity contribution < 1.29 is 13.2 Å². The third-order valence-corrected chi connectivity index (χ3v) is 7.53. The molecule has 7 heteroatoms. The predicted octanol–water partition coefficient (Wildman–Crippen LogP) is 2.99. The number of hydrogen-bond acceptors (Lipinski definition) is 4. The van der Waals surface area contributed by atoms with E-state index in [1.165, 1.54) is 5.56 Å². The smallest absolute Gasteiger partial charge is 0.263 e. The Morgan fingerprint density at radius 2 is 1.77 bits per heavy atom. The number of carbonyl (C=O) groups is 1. The Labute approximate surface area is 177 Å². The van der Waals surface area contributed by atoms with Crippen LogP contribution in [0.25, 0.3) is 0 Å². The Bertz CT molecular complexity index is 1070. The largest absolute Gasteiger partial charge is 0.353 e. The maximum atomic E-state index is 13.1. The molecule has 1 atom stereocenters. The highest BCUT2D eigenvalue weighted by Crippen LogP contribution is 2.43. The average molecular weight is 426 g/mol. The van der Waals surface area contributed by atoms with Gasteiger partial charge in [0.05, 0.1) is 4.90 Å². The lowest BCUT2D eigenvalue weighted by atomic mass is 9.64. The number of aliphatic imine (C=N–C) groups is 1. The van der Waals surface area contributed by atoms with Crippen molar-refractivity contribution in [3.05, 3.63) is 65.7 Å². The standard InChI is InChI=1S/C23H27N3O3S/c1-16(2)20(25-21-18-11-6-7-12-19(18)30(28,29)26-21)22(27)24-15-23(13-8-14-23)17-9-4-3-5-10-17/h3-7,9-12,16,20H,8,13-15H2,1-2H3,(H,24,27)(H,25,26)/t20-/m0/s1. The van der Waals surface area contributed by atoms with Gasteiger partial charge in [-0.1, -0.05) is 62.7 Å². The fraction of sp³-hybridized carbons (Fsp3) is 0.391. The van der Waals surface area contributed by atoms with E-state index in [1.807, 2.05) is 32.0 Å². The third kappa shape index (κ3) is 3.74. The average Bonchev–Trinajstić information content (AvgIpc) is 2.96. The van der Waals surface area contributed by atoms with E-state index in [1.54, 1.807) is 24.3 Å². The lowest BCUT2D eigenvalue weighted by Gasteiger charge is -2.43. The van der Waals surface area contributed by atoms with Gasteiger partial charge in [0, 0.05) is 17.5 Å². The Morgan fingerprint density at radius 1 is 1.10 bits per heavy atom. The number of hydrogen-bond donors (Lipinski definition) is 2. The molecular formula is C23H27N3O3S. The minimum Gasteiger partial charge on any atom is -0.353 e. The topological polar surface area (TPSA) is 87.6 Å². The van der Waals surface area contributed by atoms with Crippen molar-refractivity contribution in [3.8, 4) is 0 Å². The highest BCUT2D eigenvalue weighted by atomic mass is 32.2. The van der Waals surface area contributed by atoms with Gasteiger partial charge in [0.1, 0.15) is 11.9 Å². The molecule has 0 bridgehead atoms. The second kappa shape index (κ2) is 7.87. The van der Waals surface area contributed by atoms with Gasteiger partial charge in [-0.3, -0.25) is 14.5 Å². The summed E-state index contributed by atoms with van der Waals surface area (Å²) in [5.41, 5.74) is 1.74. The number of nitrogens with zero attached hydrogens (tertiary/aromatic N) is 1. The molecule has 2 aromatic rings. The molecule has 1 aliphatic heterocycles. The summed E-state index contributed by atoms with van der Waals surface area (Å²) in [5.74, 6) is -0.0204. The zero-order valence-electron chi connectivity index (χ0n) is 17.3. The van der Waals surface area contributed by atoms with Gasteiger partial charge in [0.15, 0.2) is 0 Å². The van der Waals surface area contributed by atoms with Crippen LogP contribution in [-0.2, 0) is 20.2 Å². The second-order valence-corrected chi connectivity index (χ2v) is 10.1. The van der Waals surface area contributed by atoms with Crippen LogP contribution in [0, 0.1) is 5.92 Å². The van der Waals surface area contributed by atoms with Gasteiger partial charge < -0.3 is 5.32 Å².